The molecule has 0 saturated carbocycles. The van der Waals surface area contributed by atoms with E-state index in [1.54, 1.807) is 18.3 Å². The van der Waals surface area contributed by atoms with E-state index in [1.165, 1.54) is 6.26 Å². The number of ether oxygens (including phenoxy) is 2. The Hall–Kier alpha value is -3.81. The van der Waals surface area contributed by atoms with Crippen LogP contribution < -0.4 is 9.47 Å². The van der Waals surface area contributed by atoms with E-state index in [9.17, 15) is 4.79 Å². The molecule has 3 heterocycles. The zero-order valence-electron chi connectivity index (χ0n) is 16.4. The van der Waals surface area contributed by atoms with Crippen LogP contribution >= 0.6 is 0 Å². The van der Waals surface area contributed by atoms with E-state index in [0.29, 0.717) is 31.3 Å². The van der Waals surface area contributed by atoms with Crippen LogP contribution in [0, 0.1) is 0 Å². The number of oxazole rings is 1. The number of nitrogens with zero attached hydrogens (tertiary/aromatic N) is 4. The van der Waals surface area contributed by atoms with Gasteiger partial charge in [-0.25, -0.2) is 9.97 Å². The van der Waals surface area contributed by atoms with Crippen molar-refractivity contribution in [3.63, 3.8) is 0 Å². The fourth-order valence-electron chi connectivity index (χ4n) is 3.50. The lowest BCUT2D eigenvalue weighted by Gasteiger charge is -2.29. The zero-order chi connectivity index (χ0) is 20.5. The number of likely N-dealkylation sites (N-methyl/N-ethyl adjacent to an activating group) is 1. The van der Waals surface area contributed by atoms with Gasteiger partial charge in [-0.3, -0.25) is 4.79 Å². The molecule has 30 heavy (non-hydrogen) atoms. The summed E-state index contributed by atoms with van der Waals surface area (Å²) in [6.07, 6.45) is 2.87. The second-order valence-electron chi connectivity index (χ2n) is 7.17. The molecular formula is C22H20N4O4. The van der Waals surface area contributed by atoms with Crippen molar-refractivity contribution in [2.24, 2.45) is 0 Å². The number of aromatic nitrogens is 3. The van der Waals surface area contributed by atoms with E-state index in [0.717, 1.165) is 16.8 Å². The standard InChI is InChI=1S/C22H20N4O4/c1-25(10-15-12-28-19-8-4-5-9-20(19)30-15)22(27)17-13-29-21(24-17)11-26-14-23-16-6-2-3-7-18(16)26/h2-9,13-15H,10-12H2,1H3/t15-/m0/s1. The second kappa shape index (κ2) is 7.55. The average Bonchev–Trinajstić information content (AvgIpc) is 3.41. The van der Waals surface area contributed by atoms with Gasteiger partial charge in [0.25, 0.3) is 5.91 Å². The summed E-state index contributed by atoms with van der Waals surface area (Å²) in [5.41, 5.74) is 2.14. The monoisotopic (exact) mass is 404 g/mol. The first kappa shape index (κ1) is 18.2. The number of hydrogen-bond acceptors (Lipinski definition) is 6. The molecule has 8 heteroatoms. The van der Waals surface area contributed by atoms with Gasteiger partial charge in [-0.2, -0.15) is 0 Å². The molecule has 5 rings (SSSR count). The number of hydrogen-bond donors (Lipinski definition) is 0. The maximum absolute atomic E-state index is 12.8. The third-order valence-electron chi connectivity index (χ3n) is 5.00. The van der Waals surface area contributed by atoms with Gasteiger partial charge in [0.15, 0.2) is 23.3 Å². The quantitative estimate of drug-likeness (QED) is 0.509. The number of para-hydroxylation sites is 4. The molecule has 0 bridgehead atoms. The van der Waals surface area contributed by atoms with Crippen LogP contribution in [0.2, 0.25) is 0 Å². The fourth-order valence-corrected chi connectivity index (χ4v) is 3.50. The Morgan fingerprint density at radius 3 is 2.87 bits per heavy atom. The van der Waals surface area contributed by atoms with Crippen LogP contribution in [0.1, 0.15) is 16.4 Å². The first-order valence-electron chi connectivity index (χ1n) is 9.65. The molecule has 0 radical (unpaired) electrons. The first-order chi connectivity index (χ1) is 14.7. The molecule has 1 amide bonds. The van der Waals surface area contributed by atoms with E-state index >= 15 is 0 Å². The first-order valence-corrected chi connectivity index (χ1v) is 9.65. The highest BCUT2D eigenvalue weighted by Gasteiger charge is 2.25. The number of benzene rings is 2. The Morgan fingerprint density at radius 1 is 1.17 bits per heavy atom. The summed E-state index contributed by atoms with van der Waals surface area (Å²) in [6.45, 7) is 1.15. The molecule has 1 atom stereocenters. The minimum Gasteiger partial charge on any atom is -0.486 e. The largest absolute Gasteiger partial charge is 0.486 e. The minimum absolute atomic E-state index is 0.233. The third-order valence-corrected chi connectivity index (χ3v) is 5.00. The van der Waals surface area contributed by atoms with Gasteiger partial charge >= 0.3 is 0 Å². The molecule has 1 aliphatic rings. The molecule has 0 N–H and O–H groups in total. The van der Waals surface area contributed by atoms with E-state index < -0.39 is 0 Å². The van der Waals surface area contributed by atoms with Gasteiger partial charge in [-0.15, -0.1) is 0 Å². The Kier molecular flexibility index (Phi) is 4.59. The number of carbonyl (C=O) groups excluding carboxylic acids is 1. The molecule has 0 spiro atoms. The topological polar surface area (TPSA) is 82.6 Å². The van der Waals surface area contributed by atoms with E-state index in [1.807, 2.05) is 53.1 Å². The van der Waals surface area contributed by atoms with Crippen molar-refractivity contribution in [1.29, 1.82) is 0 Å². The number of amides is 1. The maximum Gasteiger partial charge on any atom is 0.275 e. The number of rotatable bonds is 5. The predicted molar refractivity (Wildman–Crippen MR) is 109 cm³/mol. The van der Waals surface area contributed by atoms with Crippen LogP contribution in [0.15, 0.2) is 65.5 Å². The van der Waals surface area contributed by atoms with Gasteiger partial charge in [-0.05, 0) is 24.3 Å². The Labute approximate surface area is 172 Å². The smallest absolute Gasteiger partial charge is 0.275 e. The van der Waals surface area contributed by atoms with Gasteiger partial charge in [-0.1, -0.05) is 24.3 Å². The van der Waals surface area contributed by atoms with E-state index in [4.69, 9.17) is 13.9 Å². The van der Waals surface area contributed by atoms with Crippen molar-refractivity contribution < 1.29 is 18.7 Å². The summed E-state index contributed by atoms with van der Waals surface area (Å²) in [5, 5.41) is 0. The molecule has 4 aromatic rings. The Morgan fingerprint density at radius 2 is 1.97 bits per heavy atom. The van der Waals surface area contributed by atoms with Crippen molar-refractivity contribution in [3.8, 4) is 11.5 Å². The SMILES string of the molecule is CN(C[C@H]1COc2ccccc2O1)C(=O)c1coc(Cn2cnc3ccccc32)n1. The summed E-state index contributed by atoms with van der Waals surface area (Å²) >= 11 is 0. The Balaban J connectivity index is 1.24. The van der Waals surface area contributed by atoms with Crippen molar-refractivity contribution in [3.05, 3.63) is 72.7 Å². The maximum atomic E-state index is 12.8. The molecule has 1 aliphatic heterocycles. The molecule has 2 aromatic heterocycles. The summed E-state index contributed by atoms with van der Waals surface area (Å²) in [5.74, 6) is 1.62. The summed E-state index contributed by atoms with van der Waals surface area (Å²) in [7, 11) is 1.71. The van der Waals surface area contributed by atoms with Crippen molar-refractivity contribution >= 4 is 16.9 Å². The van der Waals surface area contributed by atoms with Gasteiger partial charge < -0.3 is 23.4 Å². The zero-order valence-corrected chi connectivity index (χ0v) is 16.4. The normalized spacial score (nSPS) is 15.3. The molecule has 2 aromatic carbocycles. The van der Waals surface area contributed by atoms with Crippen molar-refractivity contribution in [1.82, 2.24) is 19.4 Å². The van der Waals surface area contributed by atoms with Crippen LogP contribution in [0.25, 0.3) is 11.0 Å². The fraction of sp³-hybridized carbons (Fsp3) is 0.227. The molecule has 0 fully saturated rings. The van der Waals surface area contributed by atoms with Crippen LogP contribution in [-0.2, 0) is 6.54 Å². The molecule has 152 valence electrons. The molecule has 0 aliphatic carbocycles. The van der Waals surface area contributed by atoms with Gasteiger partial charge in [0.05, 0.1) is 23.9 Å². The van der Waals surface area contributed by atoms with Crippen molar-refractivity contribution in [2.45, 2.75) is 12.6 Å². The lowest BCUT2D eigenvalue weighted by atomic mass is 10.2. The minimum atomic E-state index is -0.252. The third kappa shape index (κ3) is 3.47. The van der Waals surface area contributed by atoms with Crippen molar-refractivity contribution in [2.75, 3.05) is 20.2 Å². The molecule has 0 saturated heterocycles. The van der Waals surface area contributed by atoms with E-state index in [2.05, 4.69) is 9.97 Å². The predicted octanol–water partition coefficient (Wildman–Crippen LogP) is 2.98. The van der Waals surface area contributed by atoms with Gasteiger partial charge in [0, 0.05) is 7.05 Å². The van der Waals surface area contributed by atoms with Crippen LogP contribution in [0.3, 0.4) is 0 Å². The lowest BCUT2D eigenvalue weighted by molar-refractivity contribution is 0.0517. The van der Waals surface area contributed by atoms with Gasteiger partial charge in [0.2, 0.25) is 5.89 Å². The number of fused-ring (bicyclic) bond motifs is 2. The number of imidazole rings is 1. The Bertz CT molecular complexity index is 1200. The second-order valence-corrected chi connectivity index (χ2v) is 7.17. The molecule has 0 unspecified atom stereocenters. The highest BCUT2D eigenvalue weighted by molar-refractivity contribution is 5.91. The van der Waals surface area contributed by atoms with Crippen LogP contribution in [0.5, 0.6) is 11.5 Å². The highest BCUT2D eigenvalue weighted by Crippen LogP contribution is 2.31. The molecular weight excluding hydrogens is 384 g/mol. The number of carbonyl (C=O) groups is 1. The summed E-state index contributed by atoms with van der Waals surface area (Å²) < 4.78 is 19.1. The van der Waals surface area contributed by atoms with Crippen LogP contribution in [-0.4, -0.2) is 51.6 Å². The summed E-state index contributed by atoms with van der Waals surface area (Å²) in [6, 6.07) is 15.3. The molecule has 8 nitrogen and oxygen atoms in total. The van der Waals surface area contributed by atoms with Crippen LogP contribution in [0.4, 0.5) is 0 Å². The summed E-state index contributed by atoms with van der Waals surface area (Å²) in [4.78, 5) is 23.1. The highest BCUT2D eigenvalue weighted by atomic mass is 16.6. The lowest BCUT2D eigenvalue weighted by Crippen LogP contribution is -2.41. The average molecular weight is 404 g/mol. The van der Waals surface area contributed by atoms with Gasteiger partial charge in [0.1, 0.15) is 19.4 Å². The van der Waals surface area contributed by atoms with E-state index in [-0.39, 0.29) is 17.7 Å².